The lowest BCUT2D eigenvalue weighted by Gasteiger charge is -2.13. The van der Waals surface area contributed by atoms with Gasteiger partial charge in [-0.1, -0.05) is 18.9 Å². The van der Waals surface area contributed by atoms with Crippen LogP contribution < -0.4 is 10.0 Å². The molecule has 0 radical (unpaired) electrons. The molecule has 9 heteroatoms. The standard InChI is InChI=1S/C22H22FN3O3S2/c1-14-20(15-9-11-17(23)12-10-15)24-22(30-14)25-21(27)16-5-4-8-19(13-16)31(28,29)26-18-6-2-3-7-18/h4-5,8-13,18,26H,2-3,6-7H2,1H3,(H,24,25,27). The lowest BCUT2D eigenvalue weighted by atomic mass is 10.1. The molecule has 0 saturated heterocycles. The number of amides is 1. The van der Waals surface area contributed by atoms with Gasteiger partial charge >= 0.3 is 0 Å². The third kappa shape index (κ3) is 5.00. The van der Waals surface area contributed by atoms with Crippen LogP contribution in [-0.4, -0.2) is 25.4 Å². The number of nitrogens with zero attached hydrogens (tertiary/aromatic N) is 1. The van der Waals surface area contributed by atoms with Crippen molar-refractivity contribution < 1.29 is 17.6 Å². The predicted octanol–water partition coefficient (Wildman–Crippen LogP) is 4.73. The minimum Gasteiger partial charge on any atom is -0.298 e. The second kappa shape index (κ2) is 8.86. The first kappa shape index (κ1) is 21.6. The molecule has 0 atom stereocenters. The van der Waals surface area contributed by atoms with Gasteiger partial charge in [0.25, 0.3) is 5.91 Å². The summed E-state index contributed by atoms with van der Waals surface area (Å²) in [5.74, 6) is -0.778. The molecule has 162 valence electrons. The molecule has 0 spiro atoms. The number of carbonyl (C=O) groups is 1. The number of aromatic nitrogens is 1. The number of rotatable bonds is 6. The van der Waals surface area contributed by atoms with Crippen molar-refractivity contribution in [2.24, 2.45) is 0 Å². The Kier molecular flexibility index (Phi) is 6.17. The van der Waals surface area contributed by atoms with Gasteiger partial charge in [-0.2, -0.15) is 0 Å². The van der Waals surface area contributed by atoms with E-state index in [1.54, 1.807) is 24.3 Å². The fourth-order valence-corrected chi connectivity index (χ4v) is 5.81. The van der Waals surface area contributed by atoms with Crippen molar-refractivity contribution in [1.29, 1.82) is 0 Å². The molecule has 1 heterocycles. The number of sulfonamides is 1. The van der Waals surface area contributed by atoms with Crippen LogP contribution >= 0.6 is 11.3 Å². The predicted molar refractivity (Wildman–Crippen MR) is 119 cm³/mol. The number of hydrogen-bond donors (Lipinski definition) is 2. The van der Waals surface area contributed by atoms with Crippen molar-refractivity contribution >= 4 is 32.4 Å². The number of nitrogens with one attached hydrogen (secondary N) is 2. The molecule has 4 rings (SSSR count). The van der Waals surface area contributed by atoms with Gasteiger partial charge in [0.2, 0.25) is 10.0 Å². The van der Waals surface area contributed by atoms with Crippen LogP contribution in [0.1, 0.15) is 40.9 Å². The normalized spacial score (nSPS) is 14.6. The second-order valence-corrected chi connectivity index (χ2v) is 10.4. The van der Waals surface area contributed by atoms with Crippen LogP contribution in [0.2, 0.25) is 0 Å². The molecule has 1 aromatic heterocycles. The van der Waals surface area contributed by atoms with Crippen LogP contribution in [0, 0.1) is 12.7 Å². The second-order valence-electron chi connectivity index (χ2n) is 7.52. The van der Waals surface area contributed by atoms with E-state index in [1.807, 2.05) is 6.92 Å². The maximum absolute atomic E-state index is 13.2. The Morgan fingerprint density at radius 2 is 1.84 bits per heavy atom. The zero-order valence-electron chi connectivity index (χ0n) is 16.9. The summed E-state index contributed by atoms with van der Waals surface area (Å²) in [7, 11) is -3.69. The van der Waals surface area contributed by atoms with E-state index in [2.05, 4.69) is 15.0 Å². The van der Waals surface area contributed by atoms with Crippen molar-refractivity contribution in [1.82, 2.24) is 9.71 Å². The lowest BCUT2D eigenvalue weighted by Crippen LogP contribution is -2.32. The molecule has 1 fully saturated rings. The minimum absolute atomic E-state index is 0.0503. The average molecular weight is 460 g/mol. The van der Waals surface area contributed by atoms with E-state index in [0.717, 1.165) is 36.1 Å². The van der Waals surface area contributed by atoms with Gasteiger partial charge in [-0.25, -0.2) is 22.5 Å². The van der Waals surface area contributed by atoms with Gasteiger partial charge in [0.1, 0.15) is 5.82 Å². The molecule has 2 aromatic carbocycles. The number of anilines is 1. The Morgan fingerprint density at radius 1 is 1.13 bits per heavy atom. The van der Waals surface area contributed by atoms with Gasteiger partial charge in [-0.05, 0) is 62.2 Å². The molecule has 1 aliphatic rings. The number of halogens is 1. The molecule has 1 amide bonds. The highest BCUT2D eigenvalue weighted by atomic mass is 32.2. The smallest absolute Gasteiger partial charge is 0.257 e. The molecule has 2 N–H and O–H groups in total. The molecule has 31 heavy (non-hydrogen) atoms. The molecule has 6 nitrogen and oxygen atoms in total. The Labute approximate surface area is 184 Å². The first-order valence-electron chi connectivity index (χ1n) is 9.99. The Hall–Kier alpha value is -2.62. The maximum Gasteiger partial charge on any atom is 0.257 e. The minimum atomic E-state index is -3.69. The summed E-state index contributed by atoms with van der Waals surface area (Å²) in [5, 5.41) is 3.12. The third-order valence-corrected chi connectivity index (χ3v) is 7.62. The molecule has 0 bridgehead atoms. The van der Waals surface area contributed by atoms with E-state index < -0.39 is 15.9 Å². The zero-order valence-corrected chi connectivity index (χ0v) is 18.5. The molecule has 1 saturated carbocycles. The highest BCUT2D eigenvalue weighted by Gasteiger charge is 2.23. The van der Waals surface area contributed by atoms with Crippen LogP contribution in [-0.2, 0) is 10.0 Å². The summed E-state index contributed by atoms with van der Waals surface area (Å²) >= 11 is 1.30. The zero-order chi connectivity index (χ0) is 22.0. The first-order valence-corrected chi connectivity index (χ1v) is 12.3. The van der Waals surface area contributed by atoms with Gasteiger partial charge < -0.3 is 0 Å². The fourth-order valence-electron chi connectivity index (χ4n) is 3.63. The van der Waals surface area contributed by atoms with E-state index in [0.29, 0.717) is 10.8 Å². The van der Waals surface area contributed by atoms with Crippen LogP contribution in [0.3, 0.4) is 0 Å². The SMILES string of the molecule is Cc1sc(NC(=O)c2cccc(S(=O)(=O)NC3CCCC3)c2)nc1-c1ccc(F)cc1. The maximum atomic E-state index is 13.2. The number of carbonyl (C=O) groups excluding carboxylic acids is 1. The van der Waals surface area contributed by atoms with Gasteiger partial charge in [0, 0.05) is 22.0 Å². The summed E-state index contributed by atoms with van der Waals surface area (Å²) in [4.78, 5) is 18.1. The van der Waals surface area contributed by atoms with Gasteiger partial charge in [-0.3, -0.25) is 10.1 Å². The lowest BCUT2D eigenvalue weighted by molar-refractivity contribution is 0.102. The van der Waals surface area contributed by atoms with Crippen LogP contribution in [0.25, 0.3) is 11.3 Å². The third-order valence-electron chi connectivity index (χ3n) is 5.22. The topological polar surface area (TPSA) is 88.2 Å². The number of benzene rings is 2. The largest absolute Gasteiger partial charge is 0.298 e. The Bertz CT molecular complexity index is 1200. The summed E-state index contributed by atoms with van der Waals surface area (Å²) in [6.07, 6.45) is 3.70. The van der Waals surface area contributed by atoms with E-state index in [4.69, 9.17) is 0 Å². The number of thiazole rings is 1. The molecular formula is C22H22FN3O3S2. The van der Waals surface area contributed by atoms with E-state index in [1.165, 1.54) is 35.6 Å². The highest BCUT2D eigenvalue weighted by molar-refractivity contribution is 7.89. The number of hydrogen-bond acceptors (Lipinski definition) is 5. The summed E-state index contributed by atoms with van der Waals surface area (Å²) in [6.45, 7) is 1.87. The molecular weight excluding hydrogens is 437 g/mol. The van der Waals surface area contributed by atoms with E-state index in [-0.39, 0.29) is 22.3 Å². The highest BCUT2D eigenvalue weighted by Crippen LogP contribution is 2.31. The number of aryl methyl sites for hydroxylation is 1. The average Bonchev–Trinajstić information content (AvgIpc) is 3.38. The van der Waals surface area contributed by atoms with E-state index >= 15 is 0 Å². The van der Waals surface area contributed by atoms with Crippen LogP contribution in [0.15, 0.2) is 53.4 Å². The van der Waals surface area contributed by atoms with Crippen LogP contribution in [0.4, 0.5) is 9.52 Å². The first-order chi connectivity index (χ1) is 14.8. The van der Waals surface area contributed by atoms with Gasteiger partial charge in [-0.15, -0.1) is 11.3 Å². The molecule has 3 aromatic rings. The van der Waals surface area contributed by atoms with Crippen molar-refractivity contribution in [3.63, 3.8) is 0 Å². The quantitative estimate of drug-likeness (QED) is 0.558. The van der Waals surface area contributed by atoms with Gasteiger partial charge in [0.15, 0.2) is 5.13 Å². The Morgan fingerprint density at radius 3 is 2.55 bits per heavy atom. The van der Waals surface area contributed by atoms with Gasteiger partial charge in [0.05, 0.1) is 10.6 Å². The molecule has 1 aliphatic carbocycles. The summed E-state index contributed by atoms with van der Waals surface area (Å²) in [6, 6.07) is 11.9. The fraction of sp³-hybridized carbons (Fsp3) is 0.273. The molecule has 0 unspecified atom stereocenters. The Balaban J connectivity index is 1.51. The summed E-state index contributed by atoms with van der Waals surface area (Å²) in [5.41, 5.74) is 1.64. The summed E-state index contributed by atoms with van der Waals surface area (Å²) < 4.78 is 41.2. The monoisotopic (exact) mass is 459 g/mol. The van der Waals surface area contributed by atoms with Crippen LogP contribution in [0.5, 0.6) is 0 Å². The van der Waals surface area contributed by atoms with Crippen molar-refractivity contribution in [2.45, 2.75) is 43.5 Å². The van der Waals surface area contributed by atoms with Crippen molar-refractivity contribution in [3.05, 3.63) is 64.8 Å². The molecule has 0 aliphatic heterocycles. The van der Waals surface area contributed by atoms with E-state index in [9.17, 15) is 17.6 Å². The van der Waals surface area contributed by atoms with Crippen molar-refractivity contribution in [2.75, 3.05) is 5.32 Å². The van der Waals surface area contributed by atoms with Crippen molar-refractivity contribution in [3.8, 4) is 11.3 Å².